The van der Waals surface area contributed by atoms with E-state index in [9.17, 15) is 19.7 Å². The lowest BCUT2D eigenvalue weighted by atomic mass is 10.2. The number of amides is 2. The lowest BCUT2D eigenvalue weighted by molar-refractivity contribution is -0.384. The number of nitrogens with one attached hydrogen (secondary N) is 1. The SMILES string of the molecule is C[C@H]1CN(Cc2csc(NC(=O)CN3C(=O)COc4ccc([N+](=O)[O-])cc43)n2)C[C@H](C)O1. The number of nitro benzene ring substituents is 1. The molecular formula is C20H23N5O6S. The van der Waals surface area contributed by atoms with Gasteiger partial charge in [0.2, 0.25) is 5.91 Å². The van der Waals surface area contributed by atoms with Crippen molar-refractivity contribution < 1.29 is 24.0 Å². The van der Waals surface area contributed by atoms with Crippen molar-refractivity contribution in [1.29, 1.82) is 0 Å². The number of fused-ring (bicyclic) bond motifs is 1. The summed E-state index contributed by atoms with van der Waals surface area (Å²) in [6.45, 7) is 5.82. The second kappa shape index (κ2) is 9.18. The third-order valence-corrected chi connectivity index (χ3v) is 5.88. The zero-order chi connectivity index (χ0) is 22.8. The first-order valence-electron chi connectivity index (χ1n) is 10.1. The molecule has 1 aromatic heterocycles. The normalized spacial score (nSPS) is 21.1. The Labute approximate surface area is 188 Å². The van der Waals surface area contributed by atoms with Crippen molar-refractivity contribution in [3.63, 3.8) is 0 Å². The van der Waals surface area contributed by atoms with Crippen molar-refractivity contribution in [2.45, 2.75) is 32.6 Å². The molecule has 4 rings (SSSR count). The summed E-state index contributed by atoms with van der Waals surface area (Å²) in [5, 5.41) is 16.1. The Morgan fingerprint density at radius 1 is 1.34 bits per heavy atom. The number of rotatable bonds is 6. The number of carbonyl (C=O) groups is 2. The number of carbonyl (C=O) groups excluding carboxylic acids is 2. The minimum Gasteiger partial charge on any atom is -0.482 e. The molecule has 0 saturated carbocycles. The van der Waals surface area contributed by atoms with Crippen LogP contribution in [0.4, 0.5) is 16.5 Å². The van der Waals surface area contributed by atoms with Gasteiger partial charge in [0.25, 0.3) is 11.6 Å². The molecule has 2 aliphatic heterocycles. The van der Waals surface area contributed by atoms with Gasteiger partial charge in [0.1, 0.15) is 12.3 Å². The monoisotopic (exact) mass is 461 g/mol. The van der Waals surface area contributed by atoms with Crippen LogP contribution in [0.15, 0.2) is 23.6 Å². The third-order valence-electron chi connectivity index (χ3n) is 5.08. The maximum Gasteiger partial charge on any atom is 0.271 e. The molecular weight excluding hydrogens is 438 g/mol. The Morgan fingerprint density at radius 3 is 2.81 bits per heavy atom. The summed E-state index contributed by atoms with van der Waals surface area (Å²) in [4.78, 5) is 43.4. The van der Waals surface area contributed by atoms with Crippen LogP contribution in [0.5, 0.6) is 5.75 Å². The molecule has 1 fully saturated rings. The van der Waals surface area contributed by atoms with Crippen LogP contribution < -0.4 is 15.0 Å². The summed E-state index contributed by atoms with van der Waals surface area (Å²) < 4.78 is 11.1. The molecule has 2 aliphatic rings. The van der Waals surface area contributed by atoms with Gasteiger partial charge in [0.15, 0.2) is 11.7 Å². The van der Waals surface area contributed by atoms with Gasteiger partial charge in [0, 0.05) is 37.1 Å². The number of thiazole rings is 1. The molecule has 3 heterocycles. The summed E-state index contributed by atoms with van der Waals surface area (Å²) in [7, 11) is 0. The van der Waals surface area contributed by atoms with Crippen LogP contribution >= 0.6 is 11.3 Å². The van der Waals surface area contributed by atoms with Crippen molar-refractivity contribution in [3.8, 4) is 5.75 Å². The van der Waals surface area contributed by atoms with Crippen molar-refractivity contribution in [1.82, 2.24) is 9.88 Å². The molecule has 1 aromatic carbocycles. The smallest absolute Gasteiger partial charge is 0.271 e. The van der Waals surface area contributed by atoms with Crippen molar-refractivity contribution in [2.75, 3.05) is 36.5 Å². The van der Waals surface area contributed by atoms with E-state index in [1.54, 1.807) is 0 Å². The van der Waals surface area contributed by atoms with Gasteiger partial charge in [-0.2, -0.15) is 0 Å². The minimum atomic E-state index is -0.565. The molecule has 2 aromatic rings. The number of hydrogen-bond acceptors (Lipinski definition) is 9. The van der Waals surface area contributed by atoms with E-state index in [0.717, 1.165) is 18.8 Å². The van der Waals surface area contributed by atoms with E-state index < -0.39 is 16.7 Å². The molecule has 2 atom stereocenters. The Bertz CT molecular complexity index is 1030. The standard InChI is InChI=1S/C20H23N5O6S/c1-12-6-23(7-13(2)31-12)8-14-11-32-20(21-14)22-18(26)9-24-16-5-15(25(28)29)3-4-17(16)30-10-19(24)27/h3-5,11-13H,6-10H2,1-2H3,(H,21,22,26)/t12-,13-/m0/s1. The highest BCUT2D eigenvalue weighted by Gasteiger charge is 2.29. The molecule has 11 nitrogen and oxygen atoms in total. The van der Waals surface area contributed by atoms with Crippen LogP contribution in [0.1, 0.15) is 19.5 Å². The number of hydrogen-bond donors (Lipinski definition) is 1. The van der Waals surface area contributed by atoms with Gasteiger partial charge < -0.3 is 14.8 Å². The van der Waals surface area contributed by atoms with E-state index in [4.69, 9.17) is 9.47 Å². The minimum absolute atomic E-state index is 0.154. The Kier molecular flexibility index (Phi) is 6.35. The first-order valence-corrected chi connectivity index (χ1v) is 11.0. The lowest BCUT2D eigenvalue weighted by Gasteiger charge is -2.34. The first-order chi connectivity index (χ1) is 15.3. The molecule has 170 valence electrons. The first kappa shape index (κ1) is 22.1. The Morgan fingerprint density at radius 2 is 2.09 bits per heavy atom. The Balaban J connectivity index is 1.40. The largest absolute Gasteiger partial charge is 0.482 e. The zero-order valence-electron chi connectivity index (χ0n) is 17.6. The summed E-state index contributed by atoms with van der Waals surface area (Å²) in [6, 6.07) is 3.94. The highest BCUT2D eigenvalue weighted by Crippen LogP contribution is 2.35. The summed E-state index contributed by atoms with van der Waals surface area (Å²) >= 11 is 1.30. The van der Waals surface area contributed by atoms with Gasteiger partial charge in [-0.1, -0.05) is 0 Å². The number of ether oxygens (including phenoxy) is 2. The van der Waals surface area contributed by atoms with Crippen molar-refractivity contribution in [3.05, 3.63) is 39.4 Å². The topological polar surface area (TPSA) is 127 Å². The van der Waals surface area contributed by atoms with Crippen LogP contribution in [0.3, 0.4) is 0 Å². The number of nitro groups is 1. The highest BCUT2D eigenvalue weighted by molar-refractivity contribution is 7.13. The van der Waals surface area contributed by atoms with Crippen LogP contribution in [0, 0.1) is 10.1 Å². The molecule has 1 saturated heterocycles. The average Bonchev–Trinajstić information content (AvgIpc) is 3.15. The van der Waals surface area contributed by atoms with Crippen molar-refractivity contribution in [2.24, 2.45) is 0 Å². The number of nitrogens with zero attached hydrogens (tertiary/aromatic N) is 4. The fourth-order valence-electron chi connectivity index (χ4n) is 3.86. The molecule has 0 spiro atoms. The third kappa shape index (κ3) is 5.03. The summed E-state index contributed by atoms with van der Waals surface area (Å²) in [6.07, 6.45) is 0.308. The molecule has 12 heteroatoms. The zero-order valence-corrected chi connectivity index (χ0v) is 18.5. The molecule has 2 amide bonds. The second-order valence-corrected chi connectivity index (χ2v) is 8.68. The van der Waals surface area contributed by atoms with Gasteiger partial charge in [-0.25, -0.2) is 4.98 Å². The molecule has 0 radical (unpaired) electrons. The number of morpholine rings is 1. The van der Waals surface area contributed by atoms with Gasteiger partial charge in [0.05, 0.1) is 28.5 Å². The summed E-state index contributed by atoms with van der Waals surface area (Å²) in [5.41, 5.74) is 0.847. The highest BCUT2D eigenvalue weighted by atomic mass is 32.1. The predicted molar refractivity (Wildman–Crippen MR) is 117 cm³/mol. The van der Waals surface area contributed by atoms with E-state index in [-0.39, 0.29) is 36.7 Å². The second-order valence-electron chi connectivity index (χ2n) is 7.82. The Hall–Kier alpha value is -3.09. The molecule has 0 bridgehead atoms. The van der Waals surface area contributed by atoms with Crippen LogP contribution in [-0.2, 0) is 20.9 Å². The number of non-ortho nitro benzene ring substituents is 1. The van der Waals surface area contributed by atoms with Crippen LogP contribution in [0.2, 0.25) is 0 Å². The molecule has 1 N–H and O–H groups in total. The fourth-order valence-corrected chi connectivity index (χ4v) is 4.58. The van der Waals surface area contributed by atoms with Gasteiger partial charge in [-0.05, 0) is 19.9 Å². The van der Waals surface area contributed by atoms with E-state index in [1.807, 2.05) is 19.2 Å². The van der Waals surface area contributed by atoms with Gasteiger partial charge in [-0.3, -0.25) is 29.5 Å². The van der Waals surface area contributed by atoms with E-state index in [0.29, 0.717) is 17.4 Å². The molecule has 32 heavy (non-hydrogen) atoms. The number of anilines is 2. The van der Waals surface area contributed by atoms with Gasteiger partial charge in [-0.15, -0.1) is 11.3 Å². The average molecular weight is 462 g/mol. The van der Waals surface area contributed by atoms with Crippen LogP contribution in [-0.4, -0.2) is 65.1 Å². The fraction of sp³-hybridized carbons (Fsp3) is 0.450. The predicted octanol–water partition coefficient (Wildman–Crippen LogP) is 2.02. The number of benzene rings is 1. The molecule has 0 unspecified atom stereocenters. The van der Waals surface area contributed by atoms with E-state index in [2.05, 4.69) is 15.2 Å². The van der Waals surface area contributed by atoms with E-state index in [1.165, 1.54) is 34.4 Å². The summed E-state index contributed by atoms with van der Waals surface area (Å²) in [5.74, 6) is -0.593. The maximum absolute atomic E-state index is 12.6. The van der Waals surface area contributed by atoms with Crippen LogP contribution in [0.25, 0.3) is 0 Å². The van der Waals surface area contributed by atoms with Crippen molar-refractivity contribution >= 4 is 39.7 Å². The van der Waals surface area contributed by atoms with E-state index >= 15 is 0 Å². The quantitative estimate of drug-likeness (QED) is 0.511. The maximum atomic E-state index is 12.6. The number of aromatic nitrogens is 1. The lowest BCUT2D eigenvalue weighted by Crippen LogP contribution is -2.44. The molecule has 0 aliphatic carbocycles. The van der Waals surface area contributed by atoms with Gasteiger partial charge >= 0.3 is 0 Å².